The summed E-state index contributed by atoms with van der Waals surface area (Å²) in [5.74, 6) is 0.363. The lowest BCUT2D eigenvalue weighted by Crippen LogP contribution is -2.58. The summed E-state index contributed by atoms with van der Waals surface area (Å²) in [5, 5.41) is 4.05. The van der Waals surface area contributed by atoms with Crippen LogP contribution in [0.15, 0.2) is 29.3 Å². The predicted molar refractivity (Wildman–Crippen MR) is 109 cm³/mol. The molecular formula is C20H20F5N7O. The standard InChI is InChI=1S/C20H20F5N7O/c1-29-17(33)13-7-27-32(8-15(21)22)16(13)28-18(29)30-5-3-19(9-30)10-31(11-19)12-2-4-26-14(6-12)20(23,24)25/h2,4,6-7,15H,3,5,8-11H2,1H3. The molecule has 0 saturated carbocycles. The molecule has 0 N–H and O–H groups in total. The van der Waals surface area contributed by atoms with E-state index in [1.54, 1.807) is 13.1 Å². The second-order valence-corrected chi connectivity index (χ2v) is 8.66. The Morgan fingerprint density at radius 3 is 2.61 bits per heavy atom. The van der Waals surface area contributed by atoms with Gasteiger partial charge in [-0.05, 0) is 18.6 Å². The maximum Gasteiger partial charge on any atom is 0.433 e. The molecule has 0 radical (unpaired) electrons. The van der Waals surface area contributed by atoms with Crippen LogP contribution in [0.1, 0.15) is 12.1 Å². The molecule has 13 heteroatoms. The maximum absolute atomic E-state index is 13.0. The molecule has 0 atom stereocenters. The number of hydrogen-bond acceptors (Lipinski definition) is 6. The van der Waals surface area contributed by atoms with Gasteiger partial charge in [0.15, 0.2) is 5.65 Å². The van der Waals surface area contributed by atoms with Crippen molar-refractivity contribution in [3.8, 4) is 0 Å². The van der Waals surface area contributed by atoms with Gasteiger partial charge < -0.3 is 9.80 Å². The second kappa shape index (κ2) is 7.39. The van der Waals surface area contributed by atoms with E-state index in [4.69, 9.17) is 0 Å². The first-order chi connectivity index (χ1) is 15.6. The second-order valence-electron chi connectivity index (χ2n) is 8.66. The Labute approximate surface area is 184 Å². The van der Waals surface area contributed by atoms with Gasteiger partial charge in [0.05, 0.1) is 6.20 Å². The average Bonchev–Trinajstić information content (AvgIpc) is 3.34. The van der Waals surface area contributed by atoms with Crippen LogP contribution < -0.4 is 15.4 Å². The molecule has 2 saturated heterocycles. The summed E-state index contributed by atoms with van der Waals surface area (Å²) >= 11 is 0. The van der Waals surface area contributed by atoms with Crippen LogP contribution in [-0.2, 0) is 19.8 Å². The lowest BCUT2D eigenvalue weighted by atomic mass is 9.79. The molecule has 5 heterocycles. The van der Waals surface area contributed by atoms with E-state index in [0.29, 0.717) is 37.8 Å². The van der Waals surface area contributed by atoms with Crippen LogP contribution >= 0.6 is 0 Å². The molecule has 1 spiro atoms. The first-order valence-corrected chi connectivity index (χ1v) is 10.3. The van der Waals surface area contributed by atoms with Gasteiger partial charge in [0.25, 0.3) is 12.0 Å². The first kappa shape index (κ1) is 21.6. The Morgan fingerprint density at radius 2 is 1.91 bits per heavy atom. The summed E-state index contributed by atoms with van der Waals surface area (Å²) in [6, 6.07) is 2.60. The van der Waals surface area contributed by atoms with E-state index in [1.807, 2.05) is 9.80 Å². The molecule has 2 fully saturated rings. The Kier molecular flexibility index (Phi) is 4.83. The van der Waals surface area contributed by atoms with E-state index in [0.717, 1.165) is 23.4 Å². The monoisotopic (exact) mass is 469 g/mol. The van der Waals surface area contributed by atoms with E-state index in [1.165, 1.54) is 10.8 Å². The Balaban J connectivity index is 1.36. The summed E-state index contributed by atoms with van der Waals surface area (Å²) < 4.78 is 67.1. The lowest BCUT2D eigenvalue weighted by Gasteiger charge is -2.49. The molecule has 2 aliphatic rings. The SMILES string of the molecule is Cn1c(N2CCC3(CN(c4ccnc(C(F)(F)F)c4)C3)C2)nc2c(cnn2CC(F)F)c1=O. The van der Waals surface area contributed by atoms with Gasteiger partial charge in [-0.15, -0.1) is 0 Å². The molecule has 33 heavy (non-hydrogen) atoms. The van der Waals surface area contributed by atoms with Crippen molar-refractivity contribution in [2.24, 2.45) is 12.5 Å². The minimum Gasteiger partial charge on any atom is -0.370 e. The molecule has 0 bridgehead atoms. The molecule has 8 nitrogen and oxygen atoms in total. The number of anilines is 2. The van der Waals surface area contributed by atoms with Crippen LogP contribution in [0.2, 0.25) is 0 Å². The van der Waals surface area contributed by atoms with E-state index in [9.17, 15) is 26.7 Å². The van der Waals surface area contributed by atoms with Crippen LogP contribution in [0.4, 0.5) is 33.6 Å². The van der Waals surface area contributed by atoms with Crippen molar-refractivity contribution < 1.29 is 22.0 Å². The van der Waals surface area contributed by atoms with E-state index in [2.05, 4.69) is 15.1 Å². The van der Waals surface area contributed by atoms with Gasteiger partial charge in [-0.25, -0.2) is 13.5 Å². The van der Waals surface area contributed by atoms with Crippen LogP contribution in [0, 0.1) is 5.41 Å². The number of fused-ring (bicyclic) bond motifs is 1. The van der Waals surface area contributed by atoms with Crippen molar-refractivity contribution in [1.29, 1.82) is 0 Å². The number of nitrogens with zero attached hydrogens (tertiary/aromatic N) is 7. The van der Waals surface area contributed by atoms with Crippen molar-refractivity contribution in [1.82, 2.24) is 24.3 Å². The molecule has 2 aliphatic heterocycles. The average molecular weight is 469 g/mol. The summed E-state index contributed by atoms with van der Waals surface area (Å²) in [4.78, 5) is 24.4. The highest BCUT2D eigenvalue weighted by Crippen LogP contribution is 2.43. The van der Waals surface area contributed by atoms with Gasteiger partial charge in [0, 0.05) is 50.5 Å². The predicted octanol–water partition coefficient (Wildman–Crippen LogP) is 2.53. The lowest BCUT2D eigenvalue weighted by molar-refractivity contribution is -0.141. The van der Waals surface area contributed by atoms with E-state index < -0.39 is 24.8 Å². The molecule has 5 rings (SSSR count). The van der Waals surface area contributed by atoms with Crippen molar-refractivity contribution in [3.63, 3.8) is 0 Å². The third-order valence-corrected chi connectivity index (χ3v) is 6.34. The van der Waals surface area contributed by atoms with Gasteiger partial charge in [-0.1, -0.05) is 0 Å². The minimum absolute atomic E-state index is 0.112. The highest BCUT2D eigenvalue weighted by molar-refractivity contribution is 5.75. The van der Waals surface area contributed by atoms with E-state index in [-0.39, 0.29) is 22.0 Å². The van der Waals surface area contributed by atoms with Crippen molar-refractivity contribution in [3.05, 3.63) is 40.6 Å². The number of alkyl halides is 5. The van der Waals surface area contributed by atoms with Gasteiger partial charge in [0.2, 0.25) is 5.95 Å². The highest BCUT2D eigenvalue weighted by Gasteiger charge is 2.49. The topological polar surface area (TPSA) is 72.1 Å². The first-order valence-electron chi connectivity index (χ1n) is 10.3. The Morgan fingerprint density at radius 1 is 1.18 bits per heavy atom. The molecular weight excluding hydrogens is 449 g/mol. The summed E-state index contributed by atoms with van der Waals surface area (Å²) in [7, 11) is 1.57. The van der Waals surface area contributed by atoms with Gasteiger partial charge in [0.1, 0.15) is 17.6 Å². The fourth-order valence-corrected chi connectivity index (χ4v) is 4.72. The summed E-state index contributed by atoms with van der Waals surface area (Å²) in [6.07, 6.45) is -3.97. The Bertz CT molecular complexity index is 1260. The normalized spacial score (nSPS) is 18.0. The van der Waals surface area contributed by atoms with Crippen molar-refractivity contribution in [2.45, 2.75) is 25.6 Å². The Hall–Kier alpha value is -3.25. The number of rotatable bonds is 4. The van der Waals surface area contributed by atoms with Crippen LogP contribution in [-0.4, -0.2) is 56.9 Å². The minimum atomic E-state index is -4.51. The highest BCUT2D eigenvalue weighted by atomic mass is 19.4. The quantitative estimate of drug-likeness (QED) is 0.547. The number of halogens is 5. The van der Waals surface area contributed by atoms with Gasteiger partial charge >= 0.3 is 6.18 Å². The fourth-order valence-electron chi connectivity index (χ4n) is 4.72. The zero-order valence-electron chi connectivity index (χ0n) is 17.6. The third-order valence-electron chi connectivity index (χ3n) is 6.34. The number of hydrogen-bond donors (Lipinski definition) is 0. The zero-order valence-corrected chi connectivity index (χ0v) is 17.6. The molecule has 0 aromatic carbocycles. The van der Waals surface area contributed by atoms with Crippen molar-refractivity contribution in [2.75, 3.05) is 36.0 Å². The third kappa shape index (κ3) is 3.68. The smallest absolute Gasteiger partial charge is 0.370 e. The van der Waals surface area contributed by atoms with Gasteiger partial charge in [-0.3, -0.25) is 14.3 Å². The van der Waals surface area contributed by atoms with Crippen LogP contribution in [0.5, 0.6) is 0 Å². The number of pyridine rings is 1. The number of aromatic nitrogens is 5. The molecule has 0 amide bonds. The zero-order chi connectivity index (χ0) is 23.5. The largest absolute Gasteiger partial charge is 0.433 e. The molecule has 3 aromatic rings. The molecule has 0 aliphatic carbocycles. The van der Waals surface area contributed by atoms with Gasteiger partial charge in [-0.2, -0.15) is 23.3 Å². The summed E-state index contributed by atoms with van der Waals surface area (Å²) in [6.45, 7) is 1.60. The molecule has 3 aromatic heterocycles. The molecule has 176 valence electrons. The maximum atomic E-state index is 13.0. The summed E-state index contributed by atoms with van der Waals surface area (Å²) in [5.41, 5.74) is -0.882. The van der Waals surface area contributed by atoms with Crippen LogP contribution in [0.3, 0.4) is 0 Å². The van der Waals surface area contributed by atoms with E-state index >= 15 is 0 Å². The fraction of sp³-hybridized carbons (Fsp3) is 0.500. The van der Waals surface area contributed by atoms with Crippen molar-refractivity contribution >= 4 is 22.7 Å². The molecule has 0 unspecified atom stereocenters. The van der Waals surface area contributed by atoms with Crippen LogP contribution in [0.25, 0.3) is 11.0 Å².